The largest absolute Gasteiger partial charge is 0.467 e. The highest BCUT2D eigenvalue weighted by Crippen LogP contribution is 2.61. The van der Waals surface area contributed by atoms with Gasteiger partial charge in [-0.1, -0.05) is 35.0 Å². The van der Waals surface area contributed by atoms with E-state index in [9.17, 15) is 9.59 Å². The van der Waals surface area contributed by atoms with Crippen LogP contribution in [0.15, 0.2) is 60.9 Å². The molecule has 1 aliphatic heterocycles. The van der Waals surface area contributed by atoms with E-state index < -0.39 is 11.0 Å². The fraction of sp³-hybridized carbons (Fsp3) is 0.474. The lowest BCUT2D eigenvalue weighted by atomic mass is 9.81. The van der Waals surface area contributed by atoms with E-state index in [1.165, 1.54) is 0 Å². The number of rotatable bonds is 7. The number of nitrogens with zero attached hydrogens (tertiary/aromatic N) is 8. The van der Waals surface area contributed by atoms with Crippen molar-refractivity contribution in [3.8, 4) is 17.3 Å². The van der Waals surface area contributed by atoms with Crippen molar-refractivity contribution in [3.63, 3.8) is 0 Å². The second kappa shape index (κ2) is 13.1. The second-order valence-electron chi connectivity index (χ2n) is 15.2. The van der Waals surface area contributed by atoms with Gasteiger partial charge in [0.1, 0.15) is 17.1 Å². The van der Waals surface area contributed by atoms with E-state index in [1.54, 1.807) is 18.2 Å². The SMILES string of the molecule is COc1nccc(N(C)c2ccc(C)c(-c3cn(C45CCC(C(=O)N6CCN(C(=O)OC(C)(C)C)CC6c6cccc(Cl)c6)(CC4)C5)nn3)c2)n1. The first kappa shape index (κ1) is 34.7. The predicted molar refractivity (Wildman–Crippen MR) is 194 cm³/mol. The van der Waals surface area contributed by atoms with Crippen LogP contribution < -0.4 is 9.64 Å². The van der Waals surface area contributed by atoms with E-state index in [4.69, 9.17) is 26.3 Å². The topological polar surface area (TPSA) is 119 Å². The van der Waals surface area contributed by atoms with Gasteiger partial charge in [-0.3, -0.25) is 4.79 Å². The summed E-state index contributed by atoms with van der Waals surface area (Å²) in [6.07, 6.45) is 7.29. The zero-order chi connectivity index (χ0) is 36.1. The molecular formula is C38H45ClN8O4. The van der Waals surface area contributed by atoms with Gasteiger partial charge in [-0.15, -0.1) is 5.10 Å². The number of hydrogen-bond donors (Lipinski definition) is 0. The number of aromatic nitrogens is 5. The first-order valence-corrected chi connectivity index (χ1v) is 17.9. The highest BCUT2D eigenvalue weighted by atomic mass is 35.5. The molecule has 0 radical (unpaired) electrons. The lowest BCUT2D eigenvalue weighted by Crippen LogP contribution is -2.55. The molecule has 51 heavy (non-hydrogen) atoms. The van der Waals surface area contributed by atoms with Gasteiger partial charge in [-0.05, 0) is 101 Å². The van der Waals surface area contributed by atoms with Crippen molar-refractivity contribution in [2.24, 2.45) is 5.41 Å². The summed E-state index contributed by atoms with van der Waals surface area (Å²) in [6.45, 7) is 8.82. The van der Waals surface area contributed by atoms with E-state index in [0.717, 1.165) is 53.8 Å². The van der Waals surface area contributed by atoms with E-state index in [2.05, 4.69) is 40.2 Å². The molecule has 4 aromatic rings. The van der Waals surface area contributed by atoms with Crippen molar-refractivity contribution < 1.29 is 19.1 Å². The molecule has 3 aliphatic rings. The smallest absolute Gasteiger partial charge is 0.410 e. The predicted octanol–water partition coefficient (Wildman–Crippen LogP) is 6.95. The third-order valence-corrected chi connectivity index (χ3v) is 11.0. The number of hydrogen-bond acceptors (Lipinski definition) is 9. The van der Waals surface area contributed by atoms with Crippen LogP contribution in [0.3, 0.4) is 0 Å². The maximum absolute atomic E-state index is 14.7. The van der Waals surface area contributed by atoms with Gasteiger partial charge in [0.2, 0.25) is 5.91 Å². The van der Waals surface area contributed by atoms with Crippen LogP contribution in [0.2, 0.25) is 5.02 Å². The molecule has 1 atom stereocenters. The Bertz CT molecular complexity index is 1950. The molecule has 0 spiro atoms. The van der Waals surface area contributed by atoms with Crippen molar-refractivity contribution in [3.05, 3.63) is 77.1 Å². The first-order valence-electron chi connectivity index (χ1n) is 17.5. The lowest BCUT2D eigenvalue weighted by molar-refractivity contribution is -0.147. The minimum Gasteiger partial charge on any atom is -0.467 e. The molecule has 268 valence electrons. The Morgan fingerprint density at radius 3 is 2.55 bits per heavy atom. The quantitative estimate of drug-likeness (QED) is 0.201. The average Bonchev–Trinajstić information content (AvgIpc) is 3.87. The summed E-state index contributed by atoms with van der Waals surface area (Å²) in [5, 5.41) is 9.95. The number of fused-ring (bicyclic) bond motifs is 2. The summed E-state index contributed by atoms with van der Waals surface area (Å²) in [4.78, 5) is 42.2. The standard InChI is InChI=1S/C38H45ClN8O4/c1-25-10-11-28(44(5)32-12-17-40-34(41-32)50-6)21-29(25)30-22-47(43-42-30)38-15-13-37(24-38,14-16-38)33(48)46-19-18-45(35(49)51-36(2,3)4)23-31(46)26-8-7-9-27(39)20-26/h7-12,17,20-22,31H,13-16,18-19,23-24H2,1-6H3. The number of carbonyl (C=O) groups is 2. The zero-order valence-corrected chi connectivity index (χ0v) is 30.9. The van der Waals surface area contributed by atoms with Gasteiger partial charge < -0.3 is 24.2 Å². The number of carbonyl (C=O) groups excluding carboxylic acids is 2. The molecule has 2 saturated carbocycles. The molecule has 13 heteroatoms. The Balaban J connectivity index is 1.12. The van der Waals surface area contributed by atoms with Crippen LogP contribution in [0.25, 0.3) is 11.3 Å². The van der Waals surface area contributed by atoms with Gasteiger partial charge in [0.15, 0.2) is 0 Å². The normalized spacial score (nSPS) is 23.0. The van der Waals surface area contributed by atoms with Crippen LogP contribution in [0.4, 0.5) is 16.3 Å². The van der Waals surface area contributed by atoms with Gasteiger partial charge in [0.05, 0.1) is 30.3 Å². The number of ether oxygens (including phenoxy) is 2. The van der Waals surface area contributed by atoms with Crippen LogP contribution >= 0.6 is 11.6 Å². The third-order valence-electron chi connectivity index (χ3n) is 10.8. The minimum absolute atomic E-state index is 0.143. The summed E-state index contributed by atoms with van der Waals surface area (Å²) < 4.78 is 13.0. The molecule has 3 heterocycles. The van der Waals surface area contributed by atoms with Gasteiger partial charge in [0.25, 0.3) is 0 Å². The molecule has 3 fully saturated rings. The second-order valence-corrected chi connectivity index (χ2v) is 15.6. The number of methoxy groups -OCH3 is 1. The molecule has 2 aromatic carbocycles. The summed E-state index contributed by atoms with van der Waals surface area (Å²) in [5.41, 5.74) is 3.29. The molecular weight excluding hydrogens is 668 g/mol. The van der Waals surface area contributed by atoms with Crippen molar-refractivity contribution in [2.45, 2.75) is 77.0 Å². The Kier molecular flexibility index (Phi) is 8.93. The summed E-state index contributed by atoms with van der Waals surface area (Å²) >= 11 is 6.43. The monoisotopic (exact) mass is 712 g/mol. The summed E-state index contributed by atoms with van der Waals surface area (Å²) in [7, 11) is 3.50. The van der Waals surface area contributed by atoms with Crippen LogP contribution in [0.5, 0.6) is 6.01 Å². The Hall–Kier alpha value is -4.71. The van der Waals surface area contributed by atoms with Gasteiger partial charge in [-0.2, -0.15) is 4.98 Å². The van der Waals surface area contributed by atoms with E-state index >= 15 is 0 Å². The van der Waals surface area contributed by atoms with Gasteiger partial charge >= 0.3 is 12.1 Å². The molecule has 1 saturated heterocycles. The van der Waals surface area contributed by atoms with Gasteiger partial charge in [0, 0.05) is 49.2 Å². The summed E-state index contributed by atoms with van der Waals surface area (Å²) in [6, 6.07) is 15.6. The highest BCUT2D eigenvalue weighted by molar-refractivity contribution is 6.30. The molecule has 2 aliphatic carbocycles. The highest BCUT2D eigenvalue weighted by Gasteiger charge is 2.61. The average molecular weight is 713 g/mol. The Morgan fingerprint density at radius 2 is 1.82 bits per heavy atom. The fourth-order valence-corrected chi connectivity index (χ4v) is 8.26. The van der Waals surface area contributed by atoms with Crippen molar-refractivity contribution >= 4 is 35.1 Å². The maximum atomic E-state index is 14.7. The molecule has 2 aromatic heterocycles. The van der Waals surface area contributed by atoms with Crippen LogP contribution in [-0.2, 0) is 15.1 Å². The van der Waals surface area contributed by atoms with Crippen LogP contribution in [-0.4, -0.2) is 86.2 Å². The molecule has 12 nitrogen and oxygen atoms in total. The Labute approximate surface area is 303 Å². The third kappa shape index (κ3) is 6.61. The zero-order valence-electron chi connectivity index (χ0n) is 30.1. The van der Waals surface area contributed by atoms with E-state index in [-0.39, 0.29) is 23.6 Å². The molecule has 1 unspecified atom stereocenters. The number of benzene rings is 2. The minimum atomic E-state index is -0.614. The van der Waals surface area contributed by atoms with Crippen molar-refractivity contribution in [2.75, 3.05) is 38.7 Å². The number of aryl methyl sites for hydroxylation is 1. The van der Waals surface area contributed by atoms with E-state index in [0.29, 0.717) is 42.9 Å². The molecule has 2 bridgehead atoms. The number of anilines is 2. The van der Waals surface area contributed by atoms with E-state index in [1.807, 2.05) is 78.8 Å². The van der Waals surface area contributed by atoms with Gasteiger partial charge in [-0.25, -0.2) is 14.5 Å². The molecule has 0 N–H and O–H groups in total. The maximum Gasteiger partial charge on any atom is 0.410 e. The van der Waals surface area contributed by atoms with Crippen LogP contribution in [0.1, 0.15) is 70.0 Å². The first-order chi connectivity index (χ1) is 24.3. The fourth-order valence-electron chi connectivity index (χ4n) is 8.06. The molecule has 2 amide bonds. The number of amides is 2. The lowest BCUT2D eigenvalue weighted by Gasteiger charge is -2.44. The summed E-state index contributed by atoms with van der Waals surface area (Å²) in [5.74, 6) is 0.852. The van der Waals surface area contributed by atoms with Crippen LogP contribution in [0, 0.1) is 12.3 Å². The number of piperazine rings is 1. The molecule has 7 rings (SSSR count). The number of halogens is 1. The van der Waals surface area contributed by atoms with Crippen molar-refractivity contribution in [1.29, 1.82) is 0 Å². The van der Waals surface area contributed by atoms with Crippen molar-refractivity contribution in [1.82, 2.24) is 34.8 Å². The Morgan fingerprint density at radius 1 is 1.04 bits per heavy atom.